The summed E-state index contributed by atoms with van der Waals surface area (Å²) < 4.78 is 4.85. The van der Waals surface area contributed by atoms with Crippen LogP contribution in [0, 0.1) is 11.8 Å². The highest BCUT2D eigenvalue weighted by Crippen LogP contribution is 2.24. The molecule has 0 aromatic carbocycles. The zero-order valence-corrected chi connectivity index (χ0v) is 11.0. The first-order chi connectivity index (χ1) is 7.56. The number of methoxy groups -OCH3 is 1. The molecule has 0 amide bonds. The van der Waals surface area contributed by atoms with Gasteiger partial charge in [0.1, 0.15) is 6.04 Å². The molecular weight excluding hydrogens is 202 g/mol. The van der Waals surface area contributed by atoms with Gasteiger partial charge in [-0.1, -0.05) is 33.6 Å². The van der Waals surface area contributed by atoms with E-state index < -0.39 is 0 Å². The summed E-state index contributed by atoms with van der Waals surface area (Å²) in [4.78, 5) is 11.6. The second kappa shape index (κ2) is 6.24. The molecule has 3 heteroatoms. The maximum atomic E-state index is 11.6. The van der Waals surface area contributed by atoms with Crippen molar-refractivity contribution in [1.82, 2.24) is 5.32 Å². The number of carbonyl (C=O) groups is 1. The van der Waals surface area contributed by atoms with Gasteiger partial charge in [0.15, 0.2) is 0 Å². The summed E-state index contributed by atoms with van der Waals surface area (Å²) in [5.41, 5.74) is 0. The highest BCUT2D eigenvalue weighted by molar-refractivity contribution is 5.75. The van der Waals surface area contributed by atoms with Crippen LogP contribution in [0.5, 0.6) is 0 Å². The summed E-state index contributed by atoms with van der Waals surface area (Å²) in [5, 5.41) is 3.48. The van der Waals surface area contributed by atoms with Crippen LogP contribution in [0.3, 0.4) is 0 Å². The van der Waals surface area contributed by atoms with Crippen LogP contribution in [0.25, 0.3) is 0 Å². The fourth-order valence-electron chi connectivity index (χ4n) is 2.45. The number of hydrogen-bond donors (Lipinski definition) is 1. The number of nitrogens with one attached hydrogen (secondary N) is 1. The molecule has 1 aliphatic carbocycles. The van der Waals surface area contributed by atoms with Crippen molar-refractivity contribution in [1.29, 1.82) is 0 Å². The van der Waals surface area contributed by atoms with E-state index in [1.807, 2.05) is 0 Å². The first-order valence-electron chi connectivity index (χ1n) is 6.40. The molecule has 0 saturated heterocycles. The van der Waals surface area contributed by atoms with Gasteiger partial charge in [0.2, 0.25) is 0 Å². The van der Waals surface area contributed by atoms with Gasteiger partial charge < -0.3 is 10.1 Å². The monoisotopic (exact) mass is 227 g/mol. The Bertz CT molecular complexity index is 228. The molecule has 2 unspecified atom stereocenters. The quantitative estimate of drug-likeness (QED) is 0.749. The minimum Gasteiger partial charge on any atom is -0.468 e. The van der Waals surface area contributed by atoms with Crippen molar-refractivity contribution in [3.63, 3.8) is 0 Å². The smallest absolute Gasteiger partial charge is 0.323 e. The normalized spacial score (nSPS) is 27.8. The standard InChI is InChI=1S/C13H25NO2/c1-9(2)12(13(15)16-4)14-11-8-6-5-7-10(11)3/h9-12,14H,5-8H2,1-4H3/t10?,11?,12-/m0/s1. The molecule has 94 valence electrons. The highest BCUT2D eigenvalue weighted by atomic mass is 16.5. The predicted molar refractivity (Wildman–Crippen MR) is 65.2 cm³/mol. The van der Waals surface area contributed by atoms with Gasteiger partial charge >= 0.3 is 5.97 Å². The molecule has 0 aromatic heterocycles. The predicted octanol–water partition coefficient (Wildman–Crippen LogP) is 2.35. The van der Waals surface area contributed by atoms with Gasteiger partial charge in [-0.2, -0.15) is 0 Å². The third-order valence-corrected chi connectivity index (χ3v) is 3.63. The topological polar surface area (TPSA) is 38.3 Å². The Morgan fingerprint density at radius 3 is 2.44 bits per heavy atom. The largest absolute Gasteiger partial charge is 0.468 e. The van der Waals surface area contributed by atoms with Crippen LogP contribution in [0.2, 0.25) is 0 Å². The van der Waals surface area contributed by atoms with E-state index in [1.165, 1.54) is 32.8 Å². The zero-order chi connectivity index (χ0) is 12.1. The Balaban J connectivity index is 2.56. The van der Waals surface area contributed by atoms with E-state index in [4.69, 9.17) is 4.74 Å². The highest BCUT2D eigenvalue weighted by Gasteiger charge is 2.29. The third kappa shape index (κ3) is 3.48. The van der Waals surface area contributed by atoms with Crippen molar-refractivity contribution in [2.75, 3.05) is 7.11 Å². The summed E-state index contributed by atoms with van der Waals surface area (Å²) in [6.07, 6.45) is 5.04. The Morgan fingerprint density at radius 2 is 1.94 bits per heavy atom. The summed E-state index contributed by atoms with van der Waals surface area (Å²) in [6, 6.07) is 0.316. The van der Waals surface area contributed by atoms with E-state index in [2.05, 4.69) is 26.1 Å². The zero-order valence-electron chi connectivity index (χ0n) is 11.0. The Hall–Kier alpha value is -0.570. The minimum atomic E-state index is -0.157. The van der Waals surface area contributed by atoms with Gasteiger partial charge in [-0.05, 0) is 24.7 Å². The lowest BCUT2D eigenvalue weighted by atomic mass is 9.85. The van der Waals surface area contributed by atoms with Gasteiger partial charge in [-0.25, -0.2) is 0 Å². The van der Waals surface area contributed by atoms with Crippen LogP contribution >= 0.6 is 0 Å². The fourth-order valence-corrected chi connectivity index (χ4v) is 2.45. The summed E-state index contributed by atoms with van der Waals surface area (Å²) in [6.45, 7) is 6.38. The molecule has 1 aliphatic rings. The fraction of sp³-hybridized carbons (Fsp3) is 0.923. The number of rotatable bonds is 4. The molecule has 1 saturated carbocycles. The molecule has 0 spiro atoms. The third-order valence-electron chi connectivity index (χ3n) is 3.63. The van der Waals surface area contributed by atoms with Gasteiger partial charge in [0.25, 0.3) is 0 Å². The van der Waals surface area contributed by atoms with Gasteiger partial charge in [-0.3, -0.25) is 4.79 Å². The molecule has 0 bridgehead atoms. The number of esters is 1. The Labute approximate surface area is 98.9 Å². The molecule has 0 aliphatic heterocycles. The first kappa shape index (κ1) is 13.5. The molecule has 3 nitrogen and oxygen atoms in total. The maximum absolute atomic E-state index is 11.6. The lowest BCUT2D eigenvalue weighted by Crippen LogP contribution is -2.50. The van der Waals surface area contributed by atoms with Crippen molar-refractivity contribution in [2.45, 2.75) is 58.5 Å². The van der Waals surface area contributed by atoms with E-state index in [0.29, 0.717) is 12.0 Å². The Morgan fingerprint density at radius 1 is 1.31 bits per heavy atom. The average molecular weight is 227 g/mol. The van der Waals surface area contributed by atoms with E-state index in [9.17, 15) is 4.79 Å². The first-order valence-corrected chi connectivity index (χ1v) is 6.40. The van der Waals surface area contributed by atoms with Crippen LogP contribution in [-0.2, 0) is 9.53 Å². The van der Waals surface area contributed by atoms with Crippen molar-refractivity contribution < 1.29 is 9.53 Å². The molecule has 16 heavy (non-hydrogen) atoms. The van der Waals surface area contributed by atoms with Crippen LogP contribution in [0.4, 0.5) is 0 Å². The maximum Gasteiger partial charge on any atom is 0.323 e. The SMILES string of the molecule is COC(=O)[C@@H](NC1CCCCC1C)C(C)C. The van der Waals surface area contributed by atoms with E-state index in [1.54, 1.807) is 0 Å². The molecule has 1 rings (SSSR count). The van der Waals surface area contributed by atoms with Crippen LogP contribution in [0.1, 0.15) is 46.5 Å². The summed E-state index contributed by atoms with van der Waals surface area (Å²) >= 11 is 0. The van der Waals surface area contributed by atoms with E-state index >= 15 is 0 Å². The summed E-state index contributed by atoms with van der Waals surface area (Å²) in [5.74, 6) is 0.814. The average Bonchev–Trinajstić information content (AvgIpc) is 2.26. The van der Waals surface area contributed by atoms with E-state index in [0.717, 1.165) is 0 Å². The van der Waals surface area contributed by atoms with Gasteiger partial charge in [0.05, 0.1) is 7.11 Å². The van der Waals surface area contributed by atoms with Crippen molar-refractivity contribution in [2.24, 2.45) is 11.8 Å². The van der Waals surface area contributed by atoms with Crippen molar-refractivity contribution in [3.05, 3.63) is 0 Å². The molecular formula is C13H25NO2. The second-order valence-corrected chi connectivity index (χ2v) is 5.28. The molecule has 1 N–H and O–H groups in total. The van der Waals surface area contributed by atoms with Gasteiger partial charge in [-0.15, -0.1) is 0 Å². The van der Waals surface area contributed by atoms with Gasteiger partial charge in [0, 0.05) is 6.04 Å². The van der Waals surface area contributed by atoms with Crippen molar-refractivity contribution in [3.8, 4) is 0 Å². The van der Waals surface area contributed by atoms with Crippen molar-refractivity contribution >= 4 is 5.97 Å². The molecule has 0 heterocycles. The molecule has 3 atom stereocenters. The number of carbonyl (C=O) groups excluding carboxylic acids is 1. The second-order valence-electron chi connectivity index (χ2n) is 5.28. The lowest BCUT2D eigenvalue weighted by Gasteiger charge is -2.33. The molecule has 0 aromatic rings. The lowest BCUT2D eigenvalue weighted by molar-refractivity contribution is -0.144. The minimum absolute atomic E-state index is 0.132. The number of hydrogen-bond acceptors (Lipinski definition) is 3. The van der Waals surface area contributed by atoms with E-state index in [-0.39, 0.29) is 17.9 Å². The molecule has 0 radical (unpaired) electrons. The summed E-state index contributed by atoms with van der Waals surface area (Å²) in [7, 11) is 1.46. The molecule has 1 fully saturated rings. The van der Waals surface area contributed by atoms with Crippen LogP contribution in [0.15, 0.2) is 0 Å². The number of ether oxygens (including phenoxy) is 1. The van der Waals surface area contributed by atoms with Crippen LogP contribution in [-0.4, -0.2) is 25.2 Å². The Kier molecular flexibility index (Phi) is 5.26. The van der Waals surface area contributed by atoms with Crippen LogP contribution < -0.4 is 5.32 Å².